The molecule has 0 saturated heterocycles. The van der Waals surface area contributed by atoms with Crippen molar-refractivity contribution < 1.29 is 0 Å². The van der Waals surface area contributed by atoms with E-state index in [9.17, 15) is 0 Å². The third-order valence-corrected chi connectivity index (χ3v) is 0.998. The standard InChI is InChI=1S/C5H9NS/c1-3-5(6)4-7-2/h3-4H,1,6H2,2H3/b5-4+. The average Bonchev–Trinajstić information content (AvgIpc) is 1.68. The molecule has 0 bridgehead atoms. The molecule has 0 atom stereocenters. The number of thioether (sulfide) groups is 1. The Morgan fingerprint density at radius 2 is 2.43 bits per heavy atom. The topological polar surface area (TPSA) is 26.0 Å². The van der Waals surface area contributed by atoms with Crippen LogP contribution in [0, 0.1) is 0 Å². The molecule has 0 saturated carbocycles. The second-order valence-electron chi connectivity index (χ2n) is 1.06. The van der Waals surface area contributed by atoms with Crippen molar-refractivity contribution in [2.24, 2.45) is 5.73 Å². The van der Waals surface area contributed by atoms with Crippen molar-refractivity contribution in [2.75, 3.05) is 6.26 Å². The van der Waals surface area contributed by atoms with Crippen molar-refractivity contribution in [3.05, 3.63) is 23.8 Å². The first-order valence-electron chi connectivity index (χ1n) is 1.92. The molecule has 0 aliphatic carbocycles. The zero-order valence-corrected chi connectivity index (χ0v) is 5.16. The second kappa shape index (κ2) is 3.81. The summed E-state index contributed by atoms with van der Waals surface area (Å²) >= 11 is 1.58. The van der Waals surface area contributed by atoms with Gasteiger partial charge in [0.15, 0.2) is 0 Å². The Balaban J connectivity index is 3.49. The largest absolute Gasteiger partial charge is 0.398 e. The predicted molar refractivity (Wildman–Crippen MR) is 36.0 cm³/mol. The van der Waals surface area contributed by atoms with Gasteiger partial charge in [0.1, 0.15) is 0 Å². The molecule has 0 aromatic carbocycles. The normalized spacial score (nSPS) is 11.3. The summed E-state index contributed by atoms with van der Waals surface area (Å²) in [6, 6.07) is 0. The van der Waals surface area contributed by atoms with Crippen LogP contribution in [-0.2, 0) is 0 Å². The van der Waals surface area contributed by atoms with Crippen LogP contribution in [0.5, 0.6) is 0 Å². The van der Waals surface area contributed by atoms with E-state index in [0.717, 1.165) is 5.70 Å². The average molecular weight is 115 g/mol. The van der Waals surface area contributed by atoms with Crippen molar-refractivity contribution in [3.8, 4) is 0 Å². The van der Waals surface area contributed by atoms with Crippen LogP contribution in [-0.4, -0.2) is 6.26 Å². The quantitative estimate of drug-likeness (QED) is 0.549. The molecule has 0 rings (SSSR count). The molecule has 0 aromatic rings. The van der Waals surface area contributed by atoms with Gasteiger partial charge in [-0.05, 0) is 17.7 Å². The minimum absolute atomic E-state index is 0.729. The highest BCUT2D eigenvalue weighted by Gasteiger charge is 1.72. The van der Waals surface area contributed by atoms with Gasteiger partial charge in [-0.25, -0.2) is 0 Å². The minimum Gasteiger partial charge on any atom is -0.398 e. The summed E-state index contributed by atoms with van der Waals surface area (Å²) in [5.41, 5.74) is 6.03. The SMILES string of the molecule is C=C/C(N)=C\SC. The van der Waals surface area contributed by atoms with Gasteiger partial charge in [0.25, 0.3) is 0 Å². The van der Waals surface area contributed by atoms with Gasteiger partial charge in [-0.1, -0.05) is 6.58 Å². The van der Waals surface area contributed by atoms with E-state index < -0.39 is 0 Å². The lowest BCUT2D eigenvalue weighted by atomic mass is 10.5. The number of rotatable bonds is 2. The van der Waals surface area contributed by atoms with Gasteiger partial charge in [0, 0.05) is 5.70 Å². The Labute approximate surface area is 48.3 Å². The molecular formula is C5H9NS. The first kappa shape index (κ1) is 6.63. The molecule has 2 heteroatoms. The van der Waals surface area contributed by atoms with Gasteiger partial charge in [-0.2, -0.15) is 0 Å². The minimum atomic E-state index is 0.729. The van der Waals surface area contributed by atoms with E-state index in [-0.39, 0.29) is 0 Å². The highest BCUT2D eigenvalue weighted by molar-refractivity contribution is 8.01. The molecule has 7 heavy (non-hydrogen) atoms. The number of allylic oxidation sites excluding steroid dienone is 1. The highest BCUT2D eigenvalue weighted by Crippen LogP contribution is 1.96. The van der Waals surface area contributed by atoms with E-state index in [2.05, 4.69) is 6.58 Å². The fourth-order valence-corrected chi connectivity index (χ4v) is 0.553. The molecule has 2 N–H and O–H groups in total. The lowest BCUT2D eigenvalue weighted by Gasteiger charge is -1.84. The molecule has 0 fully saturated rings. The molecule has 0 spiro atoms. The van der Waals surface area contributed by atoms with Crippen LogP contribution in [0.3, 0.4) is 0 Å². The second-order valence-corrected chi connectivity index (χ2v) is 1.76. The van der Waals surface area contributed by atoms with Gasteiger partial charge >= 0.3 is 0 Å². The fraction of sp³-hybridized carbons (Fsp3) is 0.200. The van der Waals surface area contributed by atoms with Gasteiger partial charge < -0.3 is 5.73 Å². The van der Waals surface area contributed by atoms with Gasteiger partial charge in [-0.3, -0.25) is 0 Å². The first-order valence-corrected chi connectivity index (χ1v) is 3.21. The Hall–Kier alpha value is -0.370. The summed E-state index contributed by atoms with van der Waals surface area (Å²) in [5.74, 6) is 0. The van der Waals surface area contributed by atoms with Gasteiger partial charge in [0.2, 0.25) is 0 Å². The third-order valence-electron chi connectivity index (χ3n) is 0.490. The maximum atomic E-state index is 5.31. The van der Waals surface area contributed by atoms with Crippen LogP contribution >= 0.6 is 11.8 Å². The lowest BCUT2D eigenvalue weighted by Crippen LogP contribution is -1.88. The van der Waals surface area contributed by atoms with Crippen molar-refractivity contribution in [1.82, 2.24) is 0 Å². The van der Waals surface area contributed by atoms with Crippen LogP contribution in [0.4, 0.5) is 0 Å². The smallest absolute Gasteiger partial charge is 0.0371 e. The number of hydrogen-bond donors (Lipinski definition) is 1. The third kappa shape index (κ3) is 3.46. The zero-order valence-electron chi connectivity index (χ0n) is 4.35. The molecule has 0 amide bonds. The molecule has 0 aliphatic rings. The van der Waals surface area contributed by atoms with E-state index in [0.29, 0.717) is 0 Å². The predicted octanol–water partition coefficient (Wildman–Crippen LogP) is 1.34. The van der Waals surface area contributed by atoms with Crippen molar-refractivity contribution >= 4 is 11.8 Å². The summed E-state index contributed by atoms with van der Waals surface area (Å²) in [6.07, 6.45) is 3.58. The Kier molecular flexibility index (Phi) is 3.61. The molecule has 0 radical (unpaired) electrons. The summed E-state index contributed by atoms with van der Waals surface area (Å²) < 4.78 is 0. The zero-order chi connectivity index (χ0) is 5.70. The van der Waals surface area contributed by atoms with Crippen LogP contribution in [0.25, 0.3) is 0 Å². The van der Waals surface area contributed by atoms with E-state index >= 15 is 0 Å². The molecule has 0 unspecified atom stereocenters. The van der Waals surface area contributed by atoms with Crippen LogP contribution in [0.15, 0.2) is 23.8 Å². The molecule has 0 aliphatic heterocycles. The highest BCUT2D eigenvalue weighted by atomic mass is 32.2. The van der Waals surface area contributed by atoms with Crippen molar-refractivity contribution in [1.29, 1.82) is 0 Å². The summed E-state index contributed by atoms with van der Waals surface area (Å²) in [7, 11) is 0. The van der Waals surface area contributed by atoms with E-state index in [4.69, 9.17) is 5.73 Å². The summed E-state index contributed by atoms with van der Waals surface area (Å²) in [4.78, 5) is 0. The molecule has 1 nitrogen and oxygen atoms in total. The number of nitrogens with two attached hydrogens (primary N) is 1. The molecular weight excluding hydrogens is 106 g/mol. The van der Waals surface area contributed by atoms with Crippen molar-refractivity contribution in [3.63, 3.8) is 0 Å². The molecule has 0 aromatic heterocycles. The lowest BCUT2D eigenvalue weighted by molar-refractivity contribution is 1.46. The van der Waals surface area contributed by atoms with Crippen LogP contribution < -0.4 is 5.73 Å². The Bertz CT molecular complexity index is 86.1. The van der Waals surface area contributed by atoms with E-state index in [1.54, 1.807) is 17.8 Å². The Morgan fingerprint density at radius 1 is 1.86 bits per heavy atom. The maximum absolute atomic E-state index is 5.31. The summed E-state index contributed by atoms with van der Waals surface area (Å²) in [5, 5.41) is 1.84. The van der Waals surface area contributed by atoms with Crippen molar-refractivity contribution in [2.45, 2.75) is 0 Å². The van der Waals surface area contributed by atoms with Crippen LogP contribution in [0.2, 0.25) is 0 Å². The van der Waals surface area contributed by atoms with E-state index in [1.807, 2.05) is 11.7 Å². The maximum Gasteiger partial charge on any atom is 0.0371 e. The fourth-order valence-electron chi connectivity index (χ4n) is 0.184. The molecule has 40 valence electrons. The van der Waals surface area contributed by atoms with E-state index in [1.165, 1.54) is 0 Å². The van der Waals surface area contributed by atoms with Gasteiger partial charge in [0.05, 0.1) is 0 Å². The molecule has 0 heterocycles. The number of hydrogen-bond acceptors (Lipinski definition) is 2. The van der Waals surface area contributed by atoms with Gasteiger partial charge in [-0.15, -0.1) is 11.8 Å². The Morgan fingerprint density at radius 3 is 2.57 bits per heavy atom. The summed E-state index contributed by atoms with van der Waals surface area (Å²) in [6.45, 7) is 3.47. The monoisotopic (exact) mass is 115 g/mol. The van der Waals surface area contributed by atoms with Crippen LogP contribution in [0.1, 0.15) is 0 Å². The first-order chi connectivity index (χ1) is 3.31.